The second kappa shape index (κ2) is 9.37. The smallest absolute Gasteiger partial charge is 0.407 e. The van der Waals surface area contributed by atoms with Gasteiger partial charge in [-0.2, -0.15) is 0 Å². The van der Waals surface area contributed by atoms with Gasteiger partial charge >= 0.3 is 12.1 Å². The molecule has 1 atom stereocenters. The van der Waals surface area contributed by atoms with Crippen LogP contribution in [0.3, 0.4) is 0 Å². The molecule has 7 heteroatoms. The zero-order chi connectivity index (χ0) is 23.4. The van der Waals surface area contributed by atoms with Crippen molar-refractivity contribution in [1.82, 2.24) is 5.32 Å². The number of rotatable bonds is 5. The van der Waals surface area contributed by atoms with Crippen molar-refractivity contribution >= 4 is 17.7 Å². The van der Waals surface area contributed by atoms with Crippen molar-refractivity contribution in [3.8, 4) is 5.75 Å². The van der Waals surface area contributed by atoms with Crippen LogP contribution in [0.4, 0.5) is 10.5 Å². The first-order chi connectivity index (χ1) is 14.1. The van der Waals surface area contributed by atoms with Gasteiger partial charge < -0.3 is 24.4 Å². The van der Waals surface area contributed by atoms with Gasteiger partial charge in [0.2, 0.25) is 0 Å². The number of ether oxygens (including phenoxy) is 3. The zero-order valence-corrected chi connectivity index (χ0v) is 20.2. The number of esters is 1. The Hall–Kier alpha value is -2.44. The first-order valence-corrected chi connectivity index (χ1v) is 10.9. The van der Waals surface area contributed by atoms with Crippen molar-refractivity contribution in [1.29, 1.82) is 0 Å². The standard InChI is InChI=1S/C24H38N2O5/c1-22(2,3)30-20(27)24(7,8)29-19-13-9-12-18(15-19)26-14-10-11-17(16-26)25-21(28)31-23(4,5)6/h9,12-13,15,17H,10-11,14,16H2,1-8H3,(H,25,28)/t17-/m1/s1. The zero-order valence-electron chi connectivity index (χ0n) is 20.2. The van der Waals surface area contributed by atoms with E-state index in [-0.39, 0.29) is 6.04 Å². The molecule has 0 spiro atoms. The van der Waals surface area contributed by atoms with Crippen molar-refractivity contribution in [2.45, 2.75) is 91.1 Å². The Balaban J connectivity index is 2.04. The molecular formula is C24H38N2O5. The average Bonchev–Trinajstić information content (AvgIpc) is 2.58. The first-order valence-electron chi connectivity index (χ1n) is 10.9. The summed E-state index contributed by atoms with van der Waals surface area (Å²) in [5, 5.41) is 2.97. The summed E-state index contributed by atoms with van der Waals surface area (Å²) in [6.07, 6.45) is 1.46. The summed E-state index contributed by atoms with van der Waals surface area (Å²) in [7, 11) is 0. The van der Waals surface area contributed by atoms with Crippen molar-refractivity contribution in [2.75, 3.05) is 18.0 Å². The van der Waals surface area contributed by atoms with Gasteiger partial charge in [0.1, 0.15) is 17.0 Å². The molecule has 174 valence electrons. The Morgan fingerprint density at radius 1 is 1.00 bits per heavy atom. The SMILES string of the molecule is CC(C)(C)OC(=O)N[C@@H]1CCCN(c2cccc(OC(C)(C)C(=O)OC(C)(C)C)c2)C1. The number of alkyl carbamates (subject to hydrolysis) is 1. The Labute approximate surface area is 186 Å². The molecule has 1 aromatic carbocycles. The van der Waals surface area contributed by atoms with Crippen molar-refractivity contribution in [3.05, 3.63) is 24.3 Å². The van der Waals surface area contributed by atoms with E-state index < -0.39 is 28.9 Å². The van der Waals surface area contributed by atoms with Crippen LogP contribution in [0, 0.1) is 0 Å². The summed E-state index contributed by atoms with van der Waals surface area (Å²) in [5.41, 5.74) is -1.24. The third kappa shape index (κ3) is 8.31. The summed E-state index contributed by atoms with van der Waals surface area (Å²) >= 11 is 0. The van der Waals surface area contributed by atoms with Crippen LogP contribution in [0.15, 0.2) is 24.3 Å². The highest BCUT2D eigenvalue weighted by molar-refractivity contribution is 5.79. The number of nitrogens with one attached hydrogen (secondary N) is 1. The molecule has 0 aliphatic carbocycles. The Kier molecular flexibility index (Phi) is 7.50. The molecule has 1 amide bonds. The second-order valence-corrected chi connectivity index (χ2v) is 10.5. The molecule has 31 heavy (non-hydrogen) atoms. The molecule has 1 N–H and O–H groups in total. The monoisotopic (exact) mass is 434 g/mol. The van der Waals surface area contributed by atoms with E-state index in [1.165, 1.54) is 0 Å². The van der Waals surface area contributed by atoms with Crippen LogP contribution < -0.4 is 15.0 Å². The highest BCUT2D eigenvalue weighted by Gasteiger charge is 2.35. The lowest BCUT2D eigenvalue weighted by Crippen LogP contribution is -2.49. The fourth-order valence-electron chi connectivity index (χ4n) is 3.28. The number of piperidine rings is 1. The van der Waals surface area contributed by atoms with Gasteiger partial charge in [0.05, 0.1) is 0 Å². The third-order valence-electron chi connectivity index (χ3n) is 4.59. The van der Waals surface area contributed by atoms with E-state index in [0.717, 1.165) is 25.1 Å². The number of amides is 1. The second-order valence-electron chi connectivity index (χ2n) is 10.5. The topological polar surface area (TPSA) is 77.1 Å². The molecule has 7 nitrogen and oxygen atoms in total. The van der Waals surface area contributed by atoms with Crippen LogP contribution in [-0.4, -0.2) is 48.0 Å². The molecule has 0 aromatic heterocycles. The molecule has 1 aliphatic heterocycles. The lowest BCUT2D eigenvalue weighted by molar-refractivity contribution is -0.170. The minimum Gasteiger partial charge on any atom is -0.476 e. The van der Waals surface area contributed by atoms with E-state index in [9.17, 15) is 9.59 Å². The molecular weight excluding hydrogens is 396 g/mol. The highest BCUT2D eigenvalue weighted by Crippen LogP contribution is 2.28. The lowest BCUT2D eigenvalue weighted by Gasteiger charge is -2.35. The van der Waals surface area contributed by atoms with Gasteiger partial charge in [-0.1, -0.05) is 6.07 Å². The first kappa shape index (κ1) is 24.8. The van der Waals surface area contributed by atoms with Gasteiger partial charge in [0.25, 0.3) is 0 Å². The van der Waals surface area contributed by atoms with Crippen LogP contribution >= 0.6 is 0 Å². The molecule has 1 aromatic rings. The highest BCUT2D eigenvalue weighted by atomic mass is 16.6. The van der Waals surface area contributed by atoms with E-state index in [4.69, 9.17) is 14.2 Å². The van der Waals surface area contributed by atoms with Gasteiger partial charge in [-0.15, -0.1) is 0 Å². The number of nitrogens with zero attached hydrogens (tertiary/aromatic N) is 1. The van der Waals surface area contributed by atoms with Gasteiger partial charge in [0, 0.05) is 30.9 Å². The Morgan fingerprint density at radius 2 is 1.65 bits per heavy atom. The molecule has 0 saturated carbocycles. The van der Waals surface area contributed by atoms with Crippen LogP contribution in [-0.2, 0) is 14.3 Å². The third-order valence-corrected chi connectivity index (χ3v) is 4.59. The van der Waals surface area contributed by atoms with Gasteiger partial charge in [-0.05, 0) is 80.4 Å². The Morgan fingerprint density at radius 3 is 2.26 bits per heavy atom. The van der Waals surface area contributed by atoms with Crippen LogP contribution in [0.2, 0.25) is 0 Å². The number of hydrogen-bond donors (Lipinski definition) is 1. The fourth-order valence-corrected chi connectivity index (χ4v) is 3.28. The van der Waals surface area contributed by atoms with E-state index in [1.54, 1.807) is 13.8 Å². The number of anilines is 1. The number of carbonyl (C=O) groups is 2. The minimum atomic E-state index is -1.12. The normalized spacial score (nSPS) is 17.7. The summed E-state index contributed by atoms with van der Waals surface area (Å²) in [6, 6.07) is 7.66. The van der Waals surface area contributed by atoms with Gasteiger partial charge in [-0.25, -0.2) is 9.59 Å². The van der Waals surface area contributed by atoms with Crippen molar-refractivity contribution in [3.63, 3.8) is 0 Å². The van der Waals surface area contributed by atoms with Crippen LogP contribution in [0.25, 0.3) is 0 Å². The van der Waals surface area contributed by atoms with Crippen LogP contribution in [0.5, 0.6) is 5.75 Å². The maximum absolute atomic E-state index is 12.5. The molecule has 0 radical (unpaired) electrons. The van der Waals surface area contributed by atoms with Gasteiger partial charge in [-0.3, -0.25) is 0 Å². The molecule has 1 aliphatic rings. The van der Waals surface area contributed by atoms with Crippen molar-refractivity contribution < 1.29 is 23.8 Å². The molecule has 1 fully saturated rings. The predicted molar refractivity (Wildman–Crippen MR) is 122 cm³/mol. The summed E-state index contributed by atoms with van der Waals surface area (Å²) < 4.78 is 16.9. The minimum absolute atomic E-state index is 0.00591. The quantitative estimate of drug-likeness (QED) is 0.678. The summed E-state index contributed by atoms with van der Waals surface area (Å²) in [5.74, 6) is 0.181. The van der Waals surface area contributed by atoms with E-state index in [2.05, 4.69) is 10.2 Å². The maximum atomic E-state index is 12.5. The largest absolute Gasteiger partial charge is 0.476 e. The summed E-state index contributed by atoms with van der Waals surface area (Å²) in [6.45, 7) is 16.0. The molecule has 0 unspecified atom stereocenters. The average molecular weight is 435 g/mol. The number of benzene rings is 1. The number of hydrogen-bond acceptors (Lipinski definition) is 6. The predicted octanol–water partition coefficient (Wildman–Crippen LogP) is 4.68. The van der Waals surface area contributed by atoms with E-state index in [0.29, 0.717) is 12.3 Å². The maximum Gasteiger partial charge on any atom is 0.407 e. The molecule has 2 rings (SSSR count). The fraction of sp³-hybridized carbons (Fsp3) is 0.667. The van der Waals surface area contributed by atoms with Crippen molar-refractivity contribution in [2.24, 2.45) is 0 Å². The number of carbonyl (C=O) groups excluding carboxylic acids is 2. The van der Waals surface area contributed by atoms with Gasteiger partial charge in [0.15, 0.2) is 5.60 Å². The molecule has 1 saturated heterocycles. The lowest BCUT2D eigenvalue weighted by atomic mass is 10.0. The Bertz CT molecular complexity index is 777. The summed E-state index contributed by atoms with van der Waals surface area (Å²) in [4.78, 5) is 26.8. The molecule has 0 bridgehead atoms. The van der Waals surface area contributed by atoms with E-state index >= 15 is 0 Å². The van der Waals surface area contributed by atoms with E-state index in [1.807, 2.05) is 65.8 Å². The van der Waals surface area contributed by atoms with Crippen LogP contribution in [0.1, 0.15) is 68.2 Å². The molecule has 1 heterocycles.